The first-order valence-corrected chi connectivity index (χ1v) is 15.6. The van der Waals surface area contributed by atoms with Crippen LogP contribution in [0.5, 0.6) is 5.75 Å². The van der Waals surface area contributed by atoms with Gasteiger partial charge in [-0.15, -0.1) is 0 Å². The van der Waals surface area contributed by atoms with Crippen molar-refractivity contribution in [3.05, 3.63) is 101 Å². The lowest BCUT2D eigenvalue weighted by Crippen LogP contribution is -2.36. The van der Waals surface area contributed by atoms with Gasteiger partial charge in [0.25, 0.3) is 0 Å². The molecule has 0 aliphatic carbocycles. The van der Waals surface area contributed by atoms with Crippen molar-refractivity contribution in [3.63, 3.8) is 0 Å². The molecule has 0 saturated heterocycles. The van der Waals surface area contributed by atoms with E-state index in [2.05, 4.69) is 35.2 Å². The molecule has 228 valence electrons. The van der Waals surface area contributed by atoms with E-state index in [4.69, 9.17) is 14.2 Å². The first kappa shape index (κ1) is 32.2. The van der Waals surface area contributed by atoms with E-state index >= 15 is 0 Å². The van der Waals surface area contributed by atoms with Crippen LogP contribution >= 0.6 is 0 Å². The minimum absolute atomic E-state index is 0.00417. The van der Waals surface area contributed by atoms with Crippen LogP contribution in [-0.4, -0.2) is 53.8 Å². The van der Waals surface area contributed by atoms with Gasteiger partial charge in [0.15, 0.2) is 0 Å². The topological polar surface area (TPSA) is 71.4 Å². The molecule has 3 aromatic carbocycles. The number of aliphatic hydroxyl groups is 2. The Labute approximate surface area is 252 Å². The summed E-state index contributed by atoms with van der Waals surface area (Å²) in [5, 5.41) is 21.7. The second kappa shape index (κ2) is 16.8. The van der Waals surface area contributed by atoms with Gasteiger partial charge in [0.05, 0.1) is 25.4 Å². The van der Waals surface area contributed by atoms with Gasteiger partial charge in [-0.3, -0.25) is 4.90 Å². The SMILES string of the molecule is CC1(C)OCc2cc([C@H](O)CN(CCCCCCOCCCCc3ccccc3)[C@@H](CO)c3ccccc3)ccc2O1. The Bertz CT molecular complexity index is 1170. The minimum Gasteiger partial charge on any atom is -0.463 e. The standard InChI is InChI=1S/C36H49NO5/c1-36(2)41-28-32-25-31(20-21-35(32)42-36)34(39)26-37(33(27-38)30-18-9-6-10-19-30)22-12-3-4-13-23-40-24-14-11-17-29-15-7-5-8-16-29/h5-10,15-16,18-21,25,33-34,38-39H,3-4,11-14,17,22-24,26-28H2,1-2H3/t33-,34+/m0/s1. The molecule has 0 amide bonds. The molecule has 42 heavy (non-hydrogen) atoms. The number of benzene rings is 3. The Morgan fingerprint density at radius 2 is 1.52 bits per heavy atom. The first-order chi connectivity index (χ1) is 20.4. The van der Waals surface area contributed by atoms with Gasteiger partial charge in [-0.05, 0) is 67.5 Å². The van der Waals surface area contributed by atoms with E-state index in [0.29, 0.717) is 13.2 Å². The molecule has 0 radical (unpaired) electrons. The Morgan fingerprint density at radius 1 is 0.833 bits per heavy atom. The van der Waals surface area contributed by atoms with Crippen molar-refractivity contribution in [2.75, 3.05) is 32.9 Å². The number of hydrogen-bond donors (Lipinski definition) is 2. The molecule has 0 aromatic heterocycles. The average molecular weight is 576 g/mol. The molecular weight excluding hydrogens is 526 g/mol. The number of rotatable bonds is 18. The van der Waals surface area contributed by atoms with E-state index in [1.54, 1.807) is 0 Å². The summed E-state index contributed by atoms with van der Waals surface area (Å²) in [6.45, 7) is 7.10. The van der Waals surface area contributed by atoms with Crippen molar-refractivity contribution in [1.82, 2.24) is 4.90 Å². The van der Waals surface area contributed by atoms with Gasteiger partial charge in [-0.25, -0.2) is 0 Å². The number of nitrogens with zero attached hydrogens (tertiary/aromatic N) is 1. The maximum absolute atomic E-state index is 11.3. The van der Waals surface area contributed by atoms with E-state index in [-0.39, 0.29) is 12.6 Å². The molecule has 0 saturated carbocycles. The van der Waals surface area contributed by atoms with E-state index in [0.717, 1.165) is 87.1 Å². The largest absolute Gasteiger partial charge is 0.463 e. The summed E-state index contributed by atoms with van der Waals surface area (Å²) in [5.74, 6) is 0.149. The fourth-order valence-corrected chi connectivity index (χ4v) is 5.53. The predicted octanol–water partition coefficient (Wildman–Crippen LogP) is 7.00. The van der Waals surface area contributed by atoms with E-state index in [1.807, 2.05) is 62.4 Å². The number of hydrogen-bond acceptors (Lipinski definition) is 6. The smallest absolute Gasteiger partial charge is 0.205 e. The van der Waals surface area contributed by atoms with Gasteiger partial charge in [0.1, 0.15) is 5.75 Å². The molecule has 0 fully saturated rings. The predicted molar refractivity (Wildman–Crippen MR) is 167 cm³/mol. The third-order valence-corrected chi connectivity index (χ3v) is 7.94. The van der Waals surface area contributed by atoms with Crippen LogP contribution in [-0.2, 0) is 22.5 Å². The average Bonchev–Trinajstić information content (AvgIpc) is 3.00. The quantitative estimate of drug-likeness (QED) is 0.159. The maximum Gasteiger partial charge on any atom is 0.205 e. The summed E-state index contributed by atoms with van der Waals surface area (Å²) >= 11 is 0. The Kier molecular flexibility index (Phi) is 12.9. The Hall–Kier alpha value is -2.74. The normalized spacial score (nSPS) is 15.6. The summed E-state index contributed by atoms with van der Waals surface area (Å²) in [4.78, 5) is 2.22. The second-order valence-corrected chi connectivity index (χ2v) is 11.7. The number of aryl methyl sites for hydroxylation is 1. The lowest BCUT2D eigenvalue weighted by molar-refractivity contribution is -0.180. The number of unbranched alkanes of at least 4 members (excludes halogenated alkanes) is 4. The molecule has 6 nitrogen and oxygen atoms in total. The summed E-state index contributed by atoms with van der Waals surface area (Å²) in [7, 11) is 0. The fourth-order valence-electron chi connectivity index (χ4n) is 5.53. The van der Waals surface area contributed by atoms with Gasteiger partial charge in [0, 0.05) is 39.2 Å². The number of ether oxygens (including phenoxy) is 3. The number of fused-ring (bicyclic) bond motifs is 1. The lowest BCUT2D eigenvalue weighted by Gasteiger charge is -2.34. The van der Waals surface area contributed by atoms with Crippen molar-refractivity contribution in [2.24, 2.45) is 0 Å². The summed E-state index contributed by atoms with van der Waals surface area (Å²) in [5.41, 5.74) is 4.22. The van der Waals surface area contributed by atoms with Crippen molar-refractivity contribution in [1.29, 1.82) is 0 Å². The zero-order valence-electron chi connectivity index (χ0n) is 25.4. The van der Waals surface area contributed by atoms with Crippen LogP contribution in [0.3, 0.4) is 0 Å². The van der Waals surface area contributed by atoms with Gasteiger partial charge >= 0.3 is 0 Å². The summed E-state index contributed by atoms with van der Waals surface area (Å²) in [6, 6.07) is 26.4. The molecule has 1 aliphatic heterocycles. The zero-order valence-corrected chi connectivity index (χ0v) is 25.4. The zero-order chi connectivity index (χ0) is 29.6. The van der Waals surface area contributed by atoms with Crippen LogP contribution < -0.4 is 4.74 Å². The minimum atomic E-state index is -0.696. The molecule has 1 heterocycles. The highest BCUT2D eigenvalue weighted by Crippen LogP contribution is 2.33. The lowest BCUT2D eigenvalue weighted by atomic mass is 10.0. The molecule has 3 aromatic rings. The van der Waals surface area contributed by atoms with E-state index < -0.39 is 11.9 Å². The molecule has 1 aliphatic rings. The van der Waals surface area contributed by atoms with Crippen LogP contribution in [0.4, 0.5) is 0 Å². The molecule has 2 N–H and O–H groups in total. The van der Waals surface area contributed by atoms with Crippen LogP contribution in [0.1, 0.15) is 86.8 Å². The van der Waals surface area contributed by atoms with Crippen LogP contribution in [0.25, 0.3) is 0 Å². The molecular formula is C36H49NO5. The molecule has 4 rings (SSSR count). The van der Waals surface area contributed by atoms with Crippen molar-refractivity contribution < 1.29 is 24.4 Å². The van der Waals surface area contributed by atoms with Gasteiger partial charge in [-0.1, -0.05) is 79.6 Å². The highest BCUT2D eigenvalue weighted by atomic mass is 16.7. The monoisotopic (exact) mass is 575 g/mol. The molecule has 0 spiro atoms. The summed E-state index contributed by atoms with van der Waals surface area (Å²) in [6.07, 6.45) is 6.91. The van der Waals surface area contributed by atoms with Gasteiger partial charge in [-0.2, -0.15) is 0 Å². The third kappa shape index (κ3) is 10.2. The molecule has 6 heteroatoms. The van der Waals surface area contributed by atoms with E-state index in [9.17, 15) is 10.2 Å². The van der Waals surface area contributed by atoms with Crippen LogP contribution in [0, 0.1) is 0 Å². The first-order valence-electron chi connectivity index (χ1n) is 15.6. The highest BCUT2D eigenvalue weighted by Gasteiger charge is 2.28. The fraction of sp³-hybridized carbons (Fsp3) is 0.500. The highest BCUT2D eigenvalue weighted by molar-refractivity contribution is 5.39. The summed E-state index contributed by atoms with van der Waals surface area (Å²) < 4.78 is 17.6. The molecule has 0 bridgehead atoms. The van der Waals surface area contributed by atoms with Gasteiger partial charge in [0.2, 0.25) is 5.79 Å². The Balaban J connectivity index is 1.22. The molecule has 0 unspecified atom stereocenters. The van der Waals surface area contributed by atoms with Crippen molar-refractivity contribution in [2.45, 2.75) is 83.3 Å². The second-order valence-electron chi connectivity index (χ2n) is 11.7. The van der Waals surface area contributed by atoms with Crippen LogP contribution in [0.15, 0.2) is 78.9 Å². The van der Waals surface area contributed by atoms with E-state index in [1.165, 1.54) is 5.56 Å². The molecule has 2 atom stereocenters. The van der Waals surface area contributed by atoms with Gasteiger partial charge < -0.3 is 24.4 Å². The third-order valence-electron chi connectivity index (χ3n) is 7.94. The van der Waals surface area contributed by atoms with Crippen molar-refractivity contribution in [3.8, 4) is 5.75 Å². The number of aliphatic hydroxyl groups excluding tert-OH is 2. The van der Waals surface area contributed by atoms with Crippen LogP contribution in [0.2, 0.25) is 0 Å². The Morgan fingerprint density at radius 3 is 2.26 bits per heavy atom. The maximum atomic E-state index is 11.3. The van der Waals surface area contributed by atoms with Crippen molar-refractivity contribution >= 4 is 0 Å².